The van der Waals surface area contributed by atoms with E-state index in [9.17, 15) is 4.79 Å². The van der Waals surface area contributed by atoms with Crippen LogP contribution in [0.2, 0.25) is 5.02 Å². The quantitative estimate of drug-likeness (QED) is 0.537. The first-order chi connectivity index (χ1) is 11.6. The number of amides is 1. The highest BCUT2D eigenvalue weighted by Crippen LogP contribution is 2.24. The lowest BCUT2D eigenvalue weighted by Gasteiger charge is -2.28. The maximum atomic E-state index is 12.5. The number of thioether (sulfide) groups is 1. The van der Waals surface area contributed by atoms with Gasteiger partial charge in [0.2, 0.25) is 0 Å². The molecule has 0 aliphatic carbocycles. The smallest absolute Gasteiger partial charge is 0.253 e. The summed E-state index contributed by atoms with van der Waals surface area (Å²) in [5, 5.41) is 0.753. The van der Waals surface area contributed by atoms with Crippen molar-refractivity contribution in [1.82, 2.24) is 4.90 Å². The van der Waals surface area contributed by atoms with Gasteiger partial charge in [0.1, 0.15) is 0 Å². The molecule has 3 rings (SSSR count). The molecule has 1 heterocycles. The minimum absolute atomic E-state index is 0.124. The van der Waals surface area contributed by atoms with Gasteiger partial charge in [-0.1, -0.05) is 35.9 Å². The number of nitrogens with zero attached hydrogens (tertiary/aromatic N) is 1. The van der Waals surface area contributed by atoms with Crippen LogP contribution >= 0.6 is 23.4 Å². The molecule has 0 atom stereocenters. The van der Waals surface area contributed by atoms with Crippen LogP contribution < -0.4 is 0 Å². The zero-order valence-corrected chi connectivity index (χ0v) is 15.1. The zero-order chi connectivity index (χ0) is 16.9. The maximum absolute atomic E-state index is 12.5. The van der Waals surface area contributed by atoms with Crippen LogP contribution in [-0.4, -0.2) is 23.9 Å². The highest BCUT2D eigenvalue weighted by molar-refractivity contribution is 7.98. The Labute approximate surface area is 152 Å². The van der Waals surface area contributed by atoms with Crippen molar-refractivity contribution in [3.8, 4) is 0 Å². The van der Waals surface area contributed by atoms with Crippen LogP contribution in [0.4, 0.5) is 0 Å². The third-order valence-corrected chi connectivity index (χ3v) is 5.51. The summed E-state index contributed by atoms with van der Waals surface area (Å²) >= 11 is 7.66. The number of benzene rings is 2. The van der Waals surface area contributed by atoms with E-state index in [-0.39, 0.29) is 5.91 Å². The first-order valence-corrected chi connectivity index (χ1v) is 9.41. The highest BCUT2D eigenvalue weighted by atomic mass is 35.5. The summed E-state index contributed by atoms with van der Waals surface area (Å²) in [6, 6.07) is 15.8. The summed E-state index contributed by atoms with van der Waals surface area (Å²) < 4.78 is 0. The second-order valence-corrected chi connectivity index (χ2v) is 7.47. The van der Waals surface area contributed by atoms with E-state index in [1.807, 2.05) is 53.4 Å². The summed E-state index contributed by atoms with van der Waals surface area (Å²) in [4.78, 5) is 15.6. The summed E-state index contributed by atoms with van der Waals surface area (Å²) in [5.74, 6) is 0.999. The molecular formula is C20H20ClNOS. The van der Waals surface area contributed by atoms with E-state index in [1.165, 1.54) is 16.0 Å². The lowest BCUT2D eigenvalue weighted by Crippen LogP contribution is -2.36. The standard InChI is InChI=1S/C20H20ClNOS/c1-15-10-12-22(13-11-15)20(23)17-4-2-16(3-5-17)14-24-19-8-6-18(21)7-9-19/h2-9H,1,10-14H2. The Hall–Kier alpha value is -1.71. The fourth-order valence-corrected chi connectivity index (χ4v) is 3.63. The molecule has 0 radical (unpaired) electrons. The first-order valence-electron chi connectivity index (χ1n) is 8.05. The number of halogens is 1. The van der Waals surface area contributed by atoms with Crippen LogP contribution in [0, 0.1) is 0 Å². The van der Waals surface area contributed by atoms with Gasteiger partial charge < -0.3 is 4.90 Å². The lowest BCUT2D eigenvalue weighted by molar-refractivity contribution is 0.0744. The van der Waals surface area contributed by atoms with Gasteiger partial charge in [-0.25, -0.2) is 0 Å². The Morgan fingerprint density at radius 2 is 1.67 bits per heavy atom. The Morgan fingerprint density at radius 3 is 2.29 bits per heavy atom. The normalized spacial score (nSPS) is 14.7. The van der Waals surface area contributed by atoms with Gasteiger partial charge in [-0.3, -0.25) is 4.79 Å². The molecule has 1 saturated heterocycles. The second kappa shape index (κ2) is 7.91. The van der Waals surface area contributed by atoms with Crippen LogP contribution in [0.1, 0.15) is 28.8 Å². The molecule has 4 heteroatoms. The van der Waals surface area contributed by atoms with Crippen molar-refractivity contribution < 1.29 is 4.79 Å². The van der Waals surface area contributed by atoms with E-state index in [0.717, 1.165) is 42.3 Å². The van der Waals surface area contributed by atoms with Crippen molar-refractivity contribution in [2.45, 2.75) is 23.5 Å². The predicted molar refractivity (Wildman–Crippen MR) is 102 cm³/mol. The molecule has 0 aromatic heterocycles. The van der Waals surface area contributed by atoms with Crippen LogP contribution in [0.3, 0.4) is 0 Å². The Balaban J connectivity index is 1.57. The monoisotopic (exact) mass is 357 g/mol. The Morgan fingerprint density at radius 1 is 1.04 bits per heavy atom. The number of carbonyl (C=O) groups excluding carboxylic acids is 1. The molecule has 2 aromatic rings. The molecule has 1 fully saturated rings. The van der Waals surface area contributed by atoms with Crippen LogP contribution in [-0.2, 0) is 5.75 Å². The minimum Gasteiger partial charge on any atom is -0.338 e. The average molecular weight is 358 g/mol. The Bertz CT molecular complexity index is 714. The second-order valence-electron chi connectivity index (χ2n) is 5.98. The van der Waals surface area contributed by atoms with Gasteiger partial charge in [-0.15, -0.1) is 11.8 Å². The van der Waals surface area contributed by atoms with Gasteiger partial charge in [-0.05, 0) is 54.8 Å². The van der Waals surface area contributed by atoms with Crippen molar-refractivity contribution in [2.24, 2.45) is 0 Å². The first kappa shape index (κ1) is 17.1. The summed E-state index contributed by atoms with van der Waals surface area (Å²) in [7, 11) is 0. The third kappa shape index (κ3) is 4.43. The highest BCUT2D eigenvalue weighted by Gasteiger charge is 2.19. The largest absolute Gasteiger partial charge is 0.338 e. The number of hydrogen-bond acceptors (Lipinski definition) is 2. The van der Waals surface area contributed by atoms with Crippen LogP contribution in [0.15, 0.2) is 65.6 Å². The number of piperidine rings is 1. The van der Waals surface area contributed by atoms with E-state index in [4.69, 9.17) is 11.6 Å². The molecule has 0 N–H and O–H groups in total. The van der Waals surface area contributed by atoms with Crippen molar-refractivity contribution >= 4 is 29.3 Å². The molecule has 0 bridgehead atoms. The van der Waals surface area contributed by atoms with Gasteiger partial charge in [0.15, 0.2) is 0 Å². The number of likely N-dealkylation sites (tertiary alicyclic amines) is 1. The summed E-state index contributed by atoms with van der Waals surface area (Å²) in [6.45, 7) is 5.56. The molecule has 2 nitrogen and oxygen atoms in total. The molecule has 2 aromatic carbocycles. The zero-order valence-electron chi connectivity index (χ0n) is 13.5. The fourth-order valence-electron chi connectivity index (χ4n) is 2.65. The SMILES string of the molecule is C=C1CCN(C(=O)c2ccc(CSc3ccc(Cl)cc3)cc2)CC1. The third-order valence-electron chi connectivity index (χ3n) is 4.18. The molecular weight excluding hydrogens is 338 g/mol. The fraction of sp³-hybridized carbons (Fsp3) is 0.250. The van der Waals surface area contributed by atoms with Crippen molar-refractivity contribution in [2.75, 3.05) is 13.1 Å². The summed E-state index contributed by atoms with van der Waals surface area (Å²) in [6.07, 6.45) is 1.84. The van der Waals surface area contributed by atoms with Gasteiger partial charge in [-0.2, -0.15) is 0 Å². The van der Waals surface area contributed by atoms with Gasteiger partial charge in [0.05, 0.1) is 0 Å². The van der Waals surface area contributed by atoms with Gasteiger partial charge in [0.25, 0.3) is 5.91 Å². The van der Waals surface area contributed by atoms with E-state index < -0.39 is 0 Å². The van der Waals surface area contributed by atoms with Crippen LogP contribution in [0.25, 0.3) is 0 Å². The molecule has 0 spiro atoms. The van der Waals surface area contributed by atoms with E-state index >= 15 is 0 Å². The number of hydrogen-bond donors (Lipinski definition) is 0. The van der Waals surface area contributed by atoms with E-state index in [0.29, 0.717) is 0 Å². The van der Waals surface area contributed by atoms with Crippen LogP contribution in [0.5, 0.6) is 0 Å². The van der Waals surface area contributed by atoms with E-state index in [1.54, 1.807) is 11.8 Å². The summed E-state index contributed by atoms with van der Waals surface area (Å²) in [5.41, 5.74) is 3.22. The van der Waals surface area contributed by atoms with Crippen molar-refractivity contribution in [3.63, 3.8) is 0 Å². The minimum atomic E-state index is 0.124. The Kier molecular flexibility index (Phi) is 5.64. The maximum Gasteiger partial charge on any atom is 0.253 e. The molecule has 0 unspecified atom stereocenters. The molecule has 1 aliphatic heterocycles. The van der Waals surface area contributed by atoms with E-state index in [2.05, 4.69) is 6.58 Å². The number of carbonyl (C=O) groups is 1. The van der Waals surface area contributed by atoms with Gasteiger partial charge >= 0.3 is 0 Å². The van der Waals surface area contributed by atoms with Crippen molar-refractivity contribution in [1.29, 1.82) is 0 Å². The molecule has 24 heavy (non-hydrogen) atoms. The molecule has 0 saturated carbocycles. The average Bonchev–Trinajstić information content (AvgIpc) is 2.62. The van der Waals surface area contributed by atoms with Gasteiger partial charge in [0, 0.05) is 34.3 Å². The lowest BCUT2D eigenvalue weighted by atomic mass is 10.0. The number of rotatable bonds is 4. The van der Waals surface area contributed by atoms with Crippen molar-refractivity contribution in [3.05, 3.63) is 76.8 Å². The molecule has 124 valence electrons. The topological polar surface area (TPSA) is 20.3 Å². The molecule has 1 aliphatic rings. The predicted octanol–water partition coefficient (Wildman–Crippen LogP) is 5.42. The molecule has 1 amide bonds.